The minimum Gasteiger partial charge on any atom is -0.490 e. The molecule has 3 unspecified atom stereocenters. The van der Waals surface area contributed by atoms with Crippen molar-refractivity contribution in [3.05, 3.63) is 48.0 Å². The van der Waals surface area contributed by atoms with E-state index >= 15 is 0 Å². The zero-order valence-electron chi connectivity index (χ0n) is 12.3. The molecule has 0 bridgehead atoms. The summed E-state index contributed by atoms with van der Waals surface area (Å²) in [6.45, 7) is 4.16. The molecule has 2 aromatic rings. The number of carbonyl (C=O) groups is 1. The third-order valence-electron chi connectivity index (χ3n) is 4.13. The van der Waals surface area contributed by atoms with Gasteiger partial charge in [-0.2, -0.15) is 0 Å². The molecule has 0 spiro atoms. The van der Waals surface area contributed by atoms with Crippen LogP contribution in [0.5, 0.6) is 5.75 Å². The highest BCUT2D eigenvalue weighted by Gasteiger charge is 2.35. The molecular weight excluding hydrogens is 268 g/mol. The van der Waals surface area contributed by atoms with Gasteiger partial charge in [0.15, 0.2) is 0 Å². The van der Waals surface area contributed by atoms with Gasteiger partial charge in [-0.05, 0) is 13.0 Å². The number of rotatable bonds is 2. The predicted molar refractivity (Wildman–Crippen MR) is 77.4 cm³/mol. The van der Waals surface area contributed by atoms with E-state index in [1.54, 1.807) is 6.20 Å². The van der Waals surface area contributed by atoms with Crippen LogP contribution in [0.15, 0.2) is 36.7 Å². The molecule has 1 aromatic carbocycles. The normalized spacial score (nSPS) is 24.0. The third-order valence-corrected chi connectivity index (χ3v) is 4.13. The first-order valence-electron chi connectivity index (χ1n) is 7.00. The van der Waals surface area contributed by atoms with Crippen LogP contribution in [0.3, 0.4) is 0 Å². The highest BCUT2D eigenvalue weighted by atomic mass is 16.5. The van der Waals surface area contributed by atoms with Gasteiger partial charge < -0.3 is 14.0 Å². The Balaban J connectivity index is 2.13. The Morgan fingerprint density at radius 2 is 2.10 bits per heavy atom. The number of imidazole rings is 1. The molecule has 0 N–H and O–H groups in total. The Bertz CT molecular complexity index is 665. The molecule has 0 aliphatic carbocycles. The van der Waals surface area contributed by atoms with Crippen LogP contribution >= 0.6 is 0 Å². The van der Waals surface area contributed by atoms with Gasteiger partial charge >= 0.3 is 5.97 Å². The highest BCUT2D eigenvalue weighted by Crippen LogP contribution is 2.41. The number of hydrogen-bond acceptors (Lipinski definition) is 4. The number of fused-ring (bicyclic) bond motifs is 1. The zero-order chi connectivity index (χ0) is 15.0. The Hall–Kier alpha value is -2.30. The minimum absolute atomic E-state index is 0.00144. The van der Waals surface area contributed by atoms with Crippen LogP contribution in [-0.2, 0) is 4.74 Å². The Morgan fingerprint density at radius 3 is 2.86 bits per heavy atom. The first-order chi connectivity index (χ1) is 10.1. The van der Waals surface area contributed by atoms with E-state index in [1.165, 1.54) is 7.11 Å². The average Bonchev–Trinajstić information content (AvgIpc) is 2.97. The second-order valence-electron chi connectivity index (χ2n) is 5.31. The maximum Gasteiger partial charge on any atom is 0.374 e. The minimum atomic E-state index is -0.427. The molecule has 21 heavy (non-hydrogen) atoms. The van der Waals surface area contributed by atoms with Crippen molar-refractivity contribution >= 4 is 5.97 Å². The third kappa shape index (κ3) is 2.18. The molecule has 0 radical (unpaired) electrons. The zero-order valence-corrected chi connectivity index (χ0v) is 12.3. The van der Waals surface area contributed by atoms with E-state index in [0.29, 0.717) is 5.82 Å². The molecule has 0 saturated heterocycles. The lowest BCUT2D eigenvalue weighted by Gasteiger charge is -2.37. The van der Waals surface area contributed by atoms with Gasteiger partial charge in [0.25, 0.3) is 0 Å². The van der Waals surface area contributed by atoms with Crippen molar-refractivity contribution in [1.29, 1.82) is 0 Å². The van der Waals surface area contributed by atoms with Crippen LogP contribution < -0.4 is 4.74 Å². The fourth-order valence-corrected chi connectivity index (χ4v) is 2.87. The van der Waals surface area contributed by atoms with Gasteiger partial charge in [-0.3, -0.25) is 0 Å². The number of nitrogens with zero attached hydrogens (tertiary/aromatic N) is 2. The van der Waals surface area contributed by atoms with Crippen LogP contribution in [0, 0.1) is 5.92 Å². The molecule has 1 aromatic heterocycles. The van der Waals surface area contributed by atoms with Crippen LogP contribution in [0.4, 0.5) is 0 Å². The molecule has 0 amide bonds. The number of carbonyl (C=O) groups excluding carboxylic acids is 1. The number of hydrogen-bond donors (Lipinski definition) is 0. The Labute approximate surface area is 123 Å². The summed E-state index contributed by atoms with van der Waals surface area (Å²) in [6.07, 6.45) is 3.50. The molecular formula is C16H18N2O3. The van der Waals surface area contributed by atoms with Crippen molar-refractivity contribution < 1.29 is 14.3 Å². The number of ether oxygens (including phenoxy) is 2. The maximum atomic E-state index is 11.9. The molecule has 1 aliphatic rings. The highest BCUT2D eigenvalue weighted by molar-refractivity contribution is 5.85. The van der Waals surface area contributed by atoms with Crippen molar-refractivity contribution in [1.82, 2.24) is 9.55 Å². The first kappa shape index (κ1) is 13.7. The molecule has 5 nitrogen and oxygen atoms in total. The number of benzene rings is 1. The van der Waals surface area contributed by atoms with E-state index in [0.717, 1.165) is 11.3 Å². The second-order valence-corrected chi connectivity index (χ2v) is 5.31. The van der Waals surface area contributed by atoms with Gasteiger partial charge in [0, 0.05) is 23.9 Å². The summed E-state index contributed by atoms with van der Waals surface area (Å²) in [5.41, 5.74) is 1.06. The van der Waals surface area contributed by atoms with Crippen molar-refractivity contribution in [3.63, 3.8) is 0 Å². The Morgan fingerprint density at radius 1 is 1.33 bits per heavy atom. The summed E-state index contributed by atoms with van der Waals surface area (Å²) < 4.78 is 12.7. The number of para-hydroxylation sites is 1. The fraction of sp³-hybridized carbons (Fsp3) is 0.375. The monoisotopic (exact) mass is 286 g/mol. The summed E-state index contributed by atoms with van der Waals surface area (Å²) in [5, 5.41) is 0. The smallest absolute Gasteiger partial charge is 0.374 e. The summed E-state index contributed by atoms with van der Waals surface area (Å²) in [7, 11) is 1.37. The Kier molecular flexibility index (Phi) is 3.41. The van der Waals surface area contributed by atoms with Gasteiger partial charge in [-0.15, -0.1) is 0 Å². The van der Waals surface area contributed by atoms with Gasteiger partial charge in [-0.1, -0.05) is 25.1 Å². The maximum absolute atomic E-state index is 11.9. The van der Waals surface area contributed by atoms with Crippen LogP contribution in [0.2, 0.25) is 0 Å². The summed E-state index contributed by atoms with van der Waals surface area (Å²) in [6, 6.07) is 7.92. The van der Waals surface area contributed by atoms with Gasteiger partial charge in [0.2, 0.25) is 5.82 Å². The van der Waals surface area contributed by atoms with E-state index in [2.05, 4.69) is 11.9 Å². The quantitative estimate of drug-likeness (QED) is 0.796. The molecule has 3 rings (SSSR count). The van der Waals surface area contributed by atoms with Gasteiger partial charge in [0.1, 0.15) is 11.9 Å². The van der Waals surface area contributed by atoms with E-state index in [1.807, 2.05) is 42.0 Å². The van der Waals surface area contributed by atoms with E-state index in [-0.39, 0.29) is 18.1 Å². The van der Waals surface area contributed by atoms with Crippen molar-refractivity contribution in [2.24, 2.45) is 5.92 Å². The standard InChI is InChI=1S/C16H18N2O3/c1-10-11(2)21-13-7-5-4-6-12(13)14(10)18-9-8-17-15(18)16(19)20-3/h4-11,14H,1-3H3. The lowest BCUT2D eigenvalue weighted by Crippen LogP contribution is -2.36. The largest absolute Gasteiger partial charge is 0.490 e. The van der Waals surface area contributed by atoms with Crippen molar-refractivity contribution in [2.75, 3.05) is 7.11 Å². The van der Waals surface area contributed by atoms with Gasteiger partial charge in [0.05, 0.1) is 13.2 Å². The number of esters is 1. The fourth-order valence-electron chi connectivity index (χ4n) is 2.87. The molecule has 5 heteroatoms. The van der Waals surface area contributed by atoms with Crippen molar-refractivity contribution in [2.45, 2.75) is 26.0 Å². The first-order valence-corrected chi connectivity index (χ1v) is 7.00. The topological polar surface area (TPSA) is 53.3 Å². The van der Waals surface area contributed by atoms with E-state index < -0.39 is 5.97 Å². The lowest BCUT2D eigenvalue weighted by molar-refractivity contribution is 0.0566. The van der Waals surface area contributed by atoms with Crippen LogP contribution in [0.1, 0.15) is 36.1 Å². The van der Waals surface area contributed by atoms with E-state index in [4.69, 9.17) is 9.47 Å². The average molecular weight is 286 g/mol. The van der Waals surface area contributed by atoms with Crippen molar-refractivity contribution in [3.8, 4) is 5.75 Å². The van der Waals surface area contributed by atoms with Crippen LogP contribution in [0.25, 0.3) is 0 Å². The number of aromatic nitrogens is 2. The van der Waals surface area contributed by atoms with E-state index in [9.17, 15) is 4.79 Å². The SMILES string of the molecule is COC(=O)c1nccn1C1c2ccccc2OC(C)C1C. The molecule has 110 valence electrons. The summed E-state index contributed by atoms with van der Waals surface area (Å²) >= 11 is 0. The molecule has 2 heterocycles. The number of methoxy groups -OCH3 is 1. The van der Waals surface area contributed by atoms with Crippen LogP contribution in [-0.4, -0.2) is 28.7 Å². The molecule has 0 saturated carbocycles. The lowest BCUT2D eigenvalue weighted by atomic mass is 9.87. The molecule has 0 fully saturated rings. The summed E-state index contributed by atoms with van der Waals surface area (Å²) in [5.74, 6) is 0.956. The summed E-state index contributed by atoms with van der Waals surface area (Å²) in [4.78, 5) is 16.0. The molecule has 1 aliphatic heterocycles. The predicted octanol–water partition coefficient (Wildman–Crippen LogP) is 2.68. The van der Waals surface area contributed by atoms with Gasteiger partial charge in [-0.25, -0.2) is 9.78 Å². The molecule has 3 atom stereocenters. The second kappa shape index (κ2) is 5.24.